The van der Waals surface area contributed by atoms with Crippen LogP contribution >= 0.6 is 23.4 Å². The second-order valence-corrected chi connectivity index (χ2v) is 12.9. The molecule has 0 radical (unpaired) electrons. The minimum absolute atomic E-state index is 0.135. The number of hydrogen-bond donors (Lipinski definition) is 0. The van der Waals surface area contributed by atoms with Gasteiger partial charge in [-0.1, -0.05) is 91.0 Å². The van der Waals surface area contributed by atoms with Crippen LogP contribution < -0.4 is 4.90 Å². The maximum atomic E-state index is 6.58. The molecule has 0 N–H and O–H groups in total. The van der Waals surface area contributed by atoms with Crippen molar-refractivity contribution in [2.75, 3.05) is 4.90 Å². The topological polar surface area (TPSA) is 55.1 Å². The fourth-order valence-electron chi connectivity index (χ4n) is 6.46. The predicted molar refractivity (Wildman–Crippen MR) is 189 cm³/mol. The molecule has 0 bridgehead atoms. The molecule has 2 atom stereocenters. The molecule has 0 spiro atoms. The Morgan fingerprint density at radius 1 is 0.652 bits per heavy atom. The Bertz CT molecular complexity index is 2330. The average molecular weight is 633 g/mol. The highest BCUT2D eigenvalue weighted by molar-refractivity contribution is 8.00. The molecular formula is C39H25ClN4OS. The number of rotatable bonds is 4. The molecule has 3 heterocycles. The molecule has 0 amide bonds. The van der Waals surface area contributed by atoms with Gasteiger partial charge in [-0.2, -0.15) is 9.97 Å². The maximum absolute atomic E-state index is 6.58. The summed E-state index contributed by atoms with van der Waals surface area (Å²) in [6.07, 6.45) is 8.82. The Hall–Kier alpha value is -5.17. The minimum atomic E-state index is 0.135. The van der Waals surface area contributed by atoms with Crippen molar-refractivity contribution >= 4 is 56.7 Å². The Morgan fingerprint density at radius 3 is 2.30 bits per heavy atom. The van der Waals surface area contributed by atoms with E-state index < -0.39 is 0 Å². The third-order valence-electron chi connectivity index (χ3n) is 8.58. The molecule has 9 rings (SSSR count). The molecule has 2 unspecified atom stereocenters. The van der Waals surface area contributed by atoms with E-state index in [0.717, 1.165) is 60.5 Å². The van der Waals surface area contributed by atoms with Crippen LogP contribution in [0, 0.1) is 0 Å². The molecule has 1 aliphatic carbocycles. The summed E-state index contributed by atoms with van der Waals surface area (Å²) < 4.78 is 6.43. The molecule has 220 valence electrons. The Morgan fingerprint density at radius 2 is 1.43 bits per heavy atom. The van der Waals surface area contributed by atoms with E-state index in [0.29, 0.717) is 11.6 Å². The average Bonchev–Trinajstić information content (AvgIpc) is 3.49. The molecule has 1 aliphatic heterocycles. The van der Waals surface area contributed by atoms with E-state index in [1.165, 1.54) is 0 Å². The van der Waals surface area contributed by atoms with Crippen molar-refractivity contribution in [1.82, 2.24) is 15.0 Å². The predicted octanol–water partition coefficient (Wildman–Crippen LogP) is 10.5. The fraction of sp³-hybridized carbons (Fsp3) is 0.0513. The number of para-hydroxylation sites is 2. The number of aromatic nitrogens is 3. The van der Waals surface area contributed by atoms with Crippen LogP contribution in [0.25, 0.3) is 55.8 Å². The van der Waals surface area contributed by atoms with E-state index in [4.69, 9.17) is 21.0 Å². The van der Waals surface area contributed by atoms with Crippen LogP contribution in [0.2, 0.25) is 5.28 Å². The van der Waals surface area contributed by atoms with Gasteiger partial charge in [0.05, 0.1) is 22.5 Å². The lowest BCUT2D eigenvalue weighted by Crippen LogP contribution is -2.41. The van der Waals surface area contributed by atoms with Crippen LogP contribution in [0.5, 0.6) is 0 Å². The Balaban J connectivity index is 1.14. The van der Waals surface area contributed by atoms with Gasteiger partial charge in [-0.25, -0.2) is 4.98 Å². The summed E-state index contributed by atoms with van der Waals surface area (Å²) in [4.78, 5) is 17.7. The van der Waals surface area contributed by atoms with Gasteiger partial charge >= 0.3 is 0 Å². The smallest absolute Gasteiger partial charge is 0.226 e. The summed E-state index contributed by atoms with van der Waals surface area (Å²) in [5.41, 5.74) is 7.78. The fourth-order valence-corrected chi connectivity index (χ4v) is 7.91. The third-order valence-corrected chi connectivity index (χ3v) is 10.0. The monoisotopic (exact) mass is 632 g/mol. The molecule has 0 saturated heterocycles. The summed E-state index contributed by atoms with van der Waals surface area (Å²) in [5.74, 6) is 0.991. The van der Waals surface area contributed by atoms with E-state index in [1.807, 2.05) is 36.0 Å². The van der Waals surface area contributed by atoms with Crippen LogP contribution in [0.1, 0.15) is 0 Å². The van der Waals surface area contributed by atoms with Gasteiger partial charge in [-0.3, -0.25) is 0 Å². The summed E-state index contributed by atoms with van der Waals surface area (Å²) in [5, 5.41) is 2.45. The first-order valence-corrected chi connectivity index (χ1v) is 16.4. The van der Waals surface area contributed by atoms with Crippen LogP contribution in [-0.2, 0) is 0 Å². The molecule has 5 nitrogen and oxygen atoms in total. The number of thioether (sulfide) groups is 1. The van der Waals surface area contributed by atoms with Gasteiger partial charge in [0.1, 0.15) is 11.2 Å². The quantitative estimate of drug-likeness (QED) is 0.192. The second-order valence-electron chi connectivity index (χ2n) is 11.3. The normalized spacial score (nSPS) is 16.9. The highest BCUT2D eigenvalue weighted by Crippen LogP contribution is 2.48. The number of fused-ring (bicyclic) bond motifs is 5. The Kier molecular flexibility index (Phi) is 6.51. The summed E-state index contributed by atoms with van der Waals surface area (Å²) in [6.45, 7) is 0. The lowest BCUT2D eigenvalue weighted by Gasteiger charge is -2.42. The van der Waals surface area contributed by atoms with Crippen LogP contribution in [0.15, 0.2) is 149 Å². The van der Waals surface area contributed by atoms with Crippen LogP contribution in [0.3, 0.4) is 0 Å². The standard InChI is InChI=1S/C39H25ClN4OS/c40-39-42-37(26-18-20-32-35(23-26)46-34-17-8-7-16-31(34)44(32)27-12-5-2-6-13-27)41-38(43-39)29-15-9-14-28-30-22-25(24-10-3-1-4-11-24)19-21-33(30)45-36(28)29/h1-23,31,34H. The van der Waals surface area contributed by atoms with Gasteiger partial charge < -0.3 is 9.32 Å². The molecule has 2 aliphatic rings. The molecule has 7 heteroatoms. The molecule has 46 heavy (non-hydrogen) atoms. The number of halogens is 1. The Labute approximate surface area is 274 Å². The molecule has 7 aromatic rings. The van der Waals surface area contributed by atoms with Gasteiger partial charge in [-0.05, 0) is 71.3 Å². The van der Waals surface area contributed by atoms with Crippen molar-refractivity contribution in [2.45, 2.75) is 16.2 Å². The zero-order chi connectivity index (χ0) is 30.6. The summed E-state index contributed by atoms with van der Waals surface area (Å²) in [7, 11) is 0. The van der Waals surface area contributed by atoms with Gasteiger partial charge in [0.25, 0.3) is 0 Å². The first-order valence-electron chi connectivity index (χ1n) is 15.1. The highest BCUT2D eigenvalue weighted by atomic mass is 35.5. The van der Waals surface area contributed by atoms with Crippen molar-refractivity contribution in [3.05, 3.63) is 145 Å². The maximum Gasteiger partial charge on any atom is 0.226 e. The highest BCUT2D eigenvalue weighted by Gasteiger charge is 2.34. The van der Waals surface area contributed by atoms with Crippen molar-refractivity contribution < 1.29 is 4.42 Å². The molecule has 2 aromatic heterocycles. The zero-order valence-electron chi connectivity index (χ0n) is 24.4. The molecule has 5 aromatic carbocycles. The number of hydrogen-bond acceptors (Lipinski definition) is 6. The van der Waals surface area contributed by atoms with Gasteiger partial charge in [-0.15, -0.1) is 11.8 Å². The number of benzene rings is 5. The van der Waals surface area contributed by atoms with E-state index >= 15 is 0 Å². The van der Waals surface area contributed by atoms with E-state index in [2.05, 4.69) is 130 Å². The summed E-state index contributed by atoms with van der Waals surface area (Å²) in [6, 6.07) is 39.9. The van der Waals surface area contributed by atoms with Gasteiger partial charge in [0.15, 0.2) is 11.6 Å². The third kappa shape index (κ3) is 4.61. The van der Waals surface area contributed by atoms with Crippen molar-refractivity contribution in [3.63, 3.8) is 0 Å². The van der Waals surface area contributed by atoms with Gasteiger partial charge in [0, 0.05) is 26.9 Å². The number of nitrogens with zero attached hydrogens (tertiary/aromatic N) is 4. The molecule has 0 saturated carbocycles. The second kappa shape index (κ2) is 11.0. The molecule has 0 fully saturated rings. The summed E-state index contributed by atoms with van der Waals surface area (Å²) >= 11 is 8.44. The van der Waals surface area contributed by atoms with E-state index in [9.17, 15) is 0 Å². The lowest BCUT2D eigenvalue weighted by atomic mass is 10.0. The van der Waals surface area contributed by atoms with E-state index in [1.54, 1.807) is 0 Å². The first kappa shape index (κ1) is 27.2. The van der Waals surface area contributed by atoms with Crippen molar-refractivity contribution in [3.8, 4) is 33.9 Å². The number of allylic oxidation sites excluding steroid dienone is 2. The van der Waals surface area contributed by atoms with Crippen LogP contribution in [0.4, 0.5) is 11.4 Å². The van der Waals surface area contributed by atoms with Crippen molar-refractivity contribution in [1.29, 1.82) is 0 Å². The largest absolute Gasteiger partial charge is 0.455 e. The molecular weight excluding hydrogens is 608 g/mol. The van der Waals surface area contributed by atoms with Crippen molar-refractivity contribution in [2.24, 2.45) is 0 Å². The first-order chi connectivity index (χ1) is 22.7. The van der Waals surface area contributed by atoms with Crippen LogP contribution in [-0.4, -0.2) is 26.2 Å². The number of furan rings is 1. The number of anilines is 2. The zero-order valence-corrected chi connectivity index (χ0v) is 26.0. The van der Waals surface area contributed by atoms with E-state index in [-0.39, 0.29) is 16.6 Å². The minimum Gasteiger partial charge on any atom is -0.455 e. The lowest BCUT2D eigenvalue weighted by molar-refractivity contribution is 0.669. The SMILES string of the molecule is Clc1nc(-c2ccc3c(c2)SC2C=CC=CC2N3c2ccccc2)nc(-c2cccc3c2oc2ccc(-c4ccccc4)cc23)n1. The van der Waals surface area contributed by atoms with Gasteiger partial charge in [0.2, 0.25) is 5.28 Å².